The number of nitrogens with zero attached hydrogens (tertiary/aromatic N) is 5. The highest BCUT2D eigenvalue weighted by Crippen LogP contribution is 2.29. The Bertz CT molecular complexity index is 1800. The van der Waals surface area contributed by atoms with Gasteiger partial charge in [-0.25, -0.2) is 13.4 Å². The maximum absolute atomic E-state index is 15.6. The summed E-state index contributed by atoms with van der Waals surface area (Å²) in [6, 6.07) is 15.3. The van der Waals surface area contributed by atoms with Gasteiger partial charge in [0.1, 0.15) is 29.6 Å². The first-order valence-corrected chi connectivity index (χ1v) is 12.5. The van der Waals surface area contributed by atoms with Gasteiger partial charge in [-0.05, 0) is 39.6 Å². The molecule has 1 saturated heterocycles. The molecule has 202 valence electrons. The highest BCUT2D eigenvalue weighted by atomic mass is 19.1. The van der Waals surface area contributed by atoms with Crippen LogP contribution in [0.4, 0.5) is 8.78 Å². The molecule has 0 aliphatic carbocycles. The zero-order chi connectivity index (χ0) is 28.0. The first-order chi connectivity index (χ1) is 19.3. The molecule has 12 heteroatoms. The van der Waals surface area contributed by atoms with Gasteiger partial charge in [0.2, 0.25) is 5.91 Å². The topological polar surface area (TPSA) is 137 Å². The van der Waals surface area contributed by atoms with Crippen LogP contribution in [0.2, 0.25) is 0 Å². The second-order valence-corrected chi connectivity index (χ2v) is 9.67. The van der Waals surface area contributed by atoms with Crippen molar-refractivity contribution in [3.8, 4) is 11.1 Å². The van der Waals surface area contributed by atoms with Crippen molar-refractivity contribution < 1.29 is 27.8 Å². The number of primary amides is 1. The van der Waals surface area contributed by atoms with Crippen LogP contribution < -0.4 is 5.73 Å². The average molecular weight is 545 g/mol. The van der Waals surface area contributed by atoms with E-state index in [1.807, 2.05) is 0 Å². The molecule has 0 bridgehead atoms. The lowest BCUT2D eigenvalue weighted by Crippen LogP contribution is -2.43. The molecule has 0 radical (unpaired) electrons. The van der Waals surface area contributed by atoms with E-state index < -0.39 is 35.6 Å². The molecule has 40 heavy (non-hydrogen) atoms. The van der Waals surface area contributed by atoms with Gasteiger partial charge in [-0.2, -0.15) is 5.10 Å². The van der Waals surface area contributed by atoms with Crippen LogP contribution in [-0.2, 0) is 22.6 Å². The molecular weight excluding hydrogens is 522 g/mol. The second kappa shape index (κ2) is 9.95. The molecule has 2 aromatic heterocycles. The molecule has 5 aromatic rings. The molecule has 0 spiro atoms. The molecule has 3 heterocycles. The number of aromatic nitrogens is 4. The van der Waals surface area contributed by atoms with Crippen LogP contribution >= 0.6 is 0 Å². The van der Waals surface area contributed by atoms with Crippen molar-refractivity contribution in [2.75, 3.05) is 6.54 Å². The van der Waals surface area contributed by atoms with Crippen LogP contribution in [0.3, 0.4) is 0 Å². The van der Waals surface area contributed by atoms with Gasteiger partial charge in [0, 0.05) is 23.8 Å². The number of rotatable bonds is 7. The lowest BCUT2D eigenvalue weighted by molar-refractivity contribution is -0.138. The number of carbonyl (C=O) groups is 3. The minimum atomic E-state index is -1.41. The van der Waals surface area contributed by atoms with Gasteiger partial charge >= 0.3 is 0 Å². The Morgan fingerprint density at radius 3 is 2.65 bits per heavy atom. The number of Topliss-reactive ketones (excluding diaryl/α,β-unsaturated/α-hetero) is 1. The van der Waals surface area contributed by atoms with Gasteiger partial charge in [0.15, 0.2) is 11.5 Å². The van der Waals surface area contributed by atoms with Crippen LogP contribution in [0.15, 0.2) is 65.3 Å². The number of alkyl halides is 1. The van der Waals surface area contributed by atoms with Crippen molar-refractivity contribution in [1.29, 1.82) is 0 Å². The Hall–Kier alpha value is -5.00. The summed E-state index contributed by atoms with van der Waals surface area (Å²) in [5.41, 5.74) is 7.84. The normalized spacial score (nSPS) is 17.1. The molecule has 10 nitrogen and oxygen atoms in total. The SMILES string of the molecule is NC(=O)c1nn(CC(=O)N2C[C@H](F)C[C@H]2C(=O)Cc2cccc(-c3ccc4nonc4c3)c2F)c2ccccc12. The molecule has 2 amide bonds. The van der Waals surface area contributed by atoms with Crippen LogP contribution in [0.5, 0.6) is 0 Å². The van der Waals surface area contributed by atoms with Crippen molar-refractivity contribution in [3.05, 3.63) is 77.7 Å². The second-order valence-electron chi connectivity index (χ2n) is 9.67. The zero-order valence-corrected chi connectivity index (χ0v) is 21.0. The number of amides is 2. The fraction of sp³-hybridized carbons (Fsp3) is 0.214. The standard InChI is InChI=1S/C28H22F2N6O4/c29-17-12-23(35(13-17)25(38)14-36-22-7-2-1-5-19(22)27(32-36)28(31)39)24(37)11-16-4-3-6-18(26(16)30)15-8-9-20-21(10-15)34-40-33-20/h1-10,17,23H,11-14H2,(H2,31,39)/t17-,23+/m1/s1. The van der Waals surface area contributed by atoms with Crippen molar-refractivity contribution in [2.45, 2.75) is 31.6 Å². The van der Waals surface area contributed by atoms with E-state index in [2.05, 4.69) is 15.4 Å². The minimum absolute atomic E-state index is 0.00939. The summed E-state index contributed by atoms with van der Waals surface area (Å²) in [5, 5.41) is 12.2. The third-order valence-electron chi connectivity index (χ3n) is 7.13. The molecule has 6 rings (SSSR count). The van der Waals surface area contributed by atoms with Crippen LogP contribution in [0, 0.1) is 5.82 Å². The molecule has 1 aliphatic rings. The lowest BCUT2D eigenvalue weighted by Gasteiger charge is -2.23. The fourth-order valence-electron chi connectivity index (χ4n) is 5.21. The lowest BCUT2D eigenvalue weighted by atomic mass is 9.96. The summed E-state index contributed by atoms with van der Waals surface area (Å²) in [7, 11) is 0. The van der Waals surface area contributed by atoms with E-state index in [0.717, 1.165) is 0 Å². The van der Waals surface area contributed by atoms with Gasteiger partial charge in [0.05, 0.1) is 18.1 Å². The van der Waals surface area contributed by atoms with Crippen molar-refractivity contribution in [1.82, 2.24) is 25.0 Å². The Labute approximate surface area is 225 Å². The molecule has 2 atom stereocenters. The number of carbonyl (C=O) groups excluding carboxylic acids is 3. The number of para-hydroxylation sites is 1. The first kappa shape index (κ1) is 25.3. The number of hydrogen-bond acceptors (Lipinski definition) is 7. The number of ketones is 1. The predicted molar refractivity (Wildman–Crippen MR) is 139 cm³/mol. The molecule has 2 N–H and O–H groups in total. The number of hydrogen-bond donors (Lipinski definition) is 1. The smallest absolute Gasteiger partial charge is 0.269 e. The number of benzene rings is 3. The molecule has 3 aromatic carbocycles. The zero-order valence-electron chi connectivity index (χ0n) is 21.0. The van der Waals surface area contributed by atoms with Gasteiger partial charge in [0.25, 0.3) is 5.91 Å². The van der Waals surface area contributed by atoms with Crippen LogP contribution in [-0.4, -0.2) is 61.3 Å². The summed E-state index contributed by atoms with van der Waals surface area (Å²) < 4.78 is 36.1. The monoisotopic (exact) mass is 544 g/mol. The largest absolute Gasteiger partial charge is 0.364 e. The van der Waals surface area contributed by atoms with E-state index in [0.29, 0.717) is 27.5 Å². The number of likely N-dealkylation sites (tertiary alicyclic amines) is 1. The Kier molecular flexibility index (Phi) is 6.29. The Morgan fingerprint density at radius 1 is 1.02 bits per heavy atom. The minimum Gasteiger partial charge on any atom is -0.364 e. The van der Waals surface area contributed by atoms with Crippen molar-refractivity contribution in [2.24, 2.45) is 5.73 Å². The van der Waals surface area contributed by atoms with Crippen LogP contribution in [0.1, 0.15) is 22.5 Å². The first-order valence-electron chi connectivity index (χ1n) is 12.5. The van der Waals surface area contributed by atoms with Crippen molar-refractivity contribution in [3.63, 3.8) is 0 Å². The summed E-state index contributed by atoms with van der Waals surface area (Å²) >= 11 is 0. The highest BCUT2D eigenvalue weighted by Gasteiger charge is 2.40. The summed E-state index contributed by atoms with van der Waals surface area (Å²) in [6.07, 6.45) is -1.92. The van der Waals surface area contributed by atoms with Gasteiger partial charge in [-0.1, -0.05) is 42.5 Å². The number of halogens is 2. The van der Waals surface area contributed by atoms with Gasteiger partial charge in [-0.15, -0.1) is 0 Å². The molecule has 0 unspecified atom stereocenters. The maximum Gasteiger partial charge on any atom is 0.269 e. The van der Waals surface area contributed by atoms with E-state index in [1.165, 1.54) is 15.6 Å². The van der Waals surface area contributed by atoms with E-state index >= 15 is 4.39 Å². The van der Waals surface area contributed by atoms with Crippen molar-refractivity contribution >= 4 is 39.5 Å². The quantitative estimate of drug-likeness (QED) is 0.332. The number of nitrogens with two attached hydrogens (primary N) is 1. The summed E-state index contributed by atoms with van der Waals surface area (Å²) in [4.78, 5) is 39.6. The third-order valence-corrected chi connectivity index (χ3v) is 7.13. The van der Waals surface area contributed by atoms with Gasteiger partial charge < -0.3 is 10.6 Å². The molecule has 1 fully saturated rings. The summed E-state index contributed by atoms with van der Waals surface area (Å²) in [5.74, 6) is -2.38. The Morgan fingerprint density at radius 2 is 1.82 bits per heavy atom. The predicted octanol–water partition coefficient (Wildman–Crippen LogP) is 3.23. The molecule has 0 saturated carbocycles. The maximum atomic E-state index is 15.6. The Balaban J connectivity index is 1.23. The third kappa shape index (κ3) is 4.46. The highest BCUT2D eigenvalue weighted by molar-refractivity contribution is 6.04. The van der Waals surface area contributed by atoms with E-state index in [1.54, 1.807) is 54.6 Å². The summed E-state index contributed by atoms with van der Waals surface area (Å²) in [6.45, 7) is -0.598. The number of fused-ring (bicyclic) bond motifs is 2. The van der Waals surface area contributed by atoms with Gasteiger partial charge in [-0.3, -0.25) is 19.1 Å². The molecular formula is C28H22F2N6O4. The van der Waals surface area contributed by atoms with E-state index in [-0.39, 0.29) is 42.8 Å². The average Bonchev–Trinajstić information content (AvgIpc) is 3.66. The van der Waals surface area contributed by atoms with E-state index in [9.17, 15) is 18.8 Å². The van der Waals surface area contributed by atoms with E-state index in [4.69, 9.17) is 10.4 Å². The molecule has 1 aliphatic heterocycles. The van der Waals surface area contributed by atoms with Crippen LogP contribution in [0.25, 0.3) is 33.1 Å². The fourth-order valence-corrected chi connectivity index (χ4v) is 5.21.